The third kappa shape index (κ3) is 3.68. The third-order valence-corrected chi connectivity index (χ3v) is 4.25. The number of carbonyl (C=O) groups excluding carboxylic acids is 1. The van der Waals surface area contributed by atoms with Crippen molar-refractivity contribution in [1.29, 1.82) is 0 Å². The van der Waals surface area contributed by atoms with Gasteiger partial charge in [0.15, 0.2) is 23.1 Å². The van der Waals surface area contributed by atoms with E-state index in [-0.39, 0.29) is 23.5 Å². The van der Waals surface area contributed by atoms with E-state index in [2.05, 4.69) is 6.92 Å². The molecule has 0 aliphatic carbocycles. The van der Waals surface area contributed by atoms with Crippen LogP contribution in [0, 0.1) is 29.2 Å². The molecule has 0 saturated carbocycles. The number of carbonyl (C=O) groups is 1. The number of benzene rings is 1. The minimum atomic E-state index is -1.63. The molecular formula is C18H17F4NO3. The molecule has 0 spiro atoms. The first-order chi connectivity index (χ1) is 12.4. The van der Waals surface area contributed by atoms with Crippen LogP contribution in [0.3, 0.4) is 0 Å². The molecule has 1 atom stereocenters. The van der Waals surface area contributed by atoms with Gasteiger partial charge < -0.3 is 14.1 Å². The molecule has 8 heteroatoms. The zero-order chi connectivity index (χ0) is 18.8. The van der Waals surface area contributed by atoms with E-state index in [0.29, 0.717) is 19.0 Å². The summed E-state index contributed by atoms with van der Waals surface area (Å²) in [6, 6.07) is 2.94. The third-order valence-electron chi connectivity index (χ3n) is 4.25. The summed E-state index contributed by atoms with van der Waals surface area (Å²) in [5, 5.41) is 0. The molecule has 0 bridgehead atoms. The number of amides is 1. The molecule has 2 aromatic rings. The Morgan fingerprint density at radius 3 is 2.58 bits per heavy atom. The lowest BCUT2D eigenvalue weighted by atomic mass is 10.0. The summed E-state index contributed by atoms with van der Waals surface area (Å²) in [5.41, 5.74) is 0. The highest BCUT2D eigenvalue weighted by molar-refractivity contribution is 5.91. The van der Waals surface area contributed by atoms with Gasteiger partial charge in [0.2, 0.25) is 11.6 Å². The van der Waals surface area contributed by atoms with Gasteiger partial charge in [-0.05, 0) is 30.9 Å². The molecule has 0 unspecified atom stereocenters. The number of halogens is 4. The molecule has 140 valence electrons. The van der Waals surface area contributed by atoms with E-state index in [0.717, 1.165) is 12.8 Å². The maximum absolute atomic E-state index is 13.6. The van der Waals surface area contributed by atoms with Crippen LogP contribution in [0.5, 0.6) is 5.75 Å². The normalized spacial score (nSPS) is 17.4. The Balaban J connectivity index is 1.69. The van der Waals surface area contributed by atoms with Crippen LogP contribution in [0.15, 0.2) is 22.6 Å². The molecule has 1 aliphatic rings. The summed E-state index contributed by atoms with van der Waals surface area (Å²) in [6.45, 7) is 2.83. The van der Waals surface area contributed by atoms with Gasteiger partial charge >= 0.3 is 0 Å². The van der Waals surface area contributed by atoms with Crippen molar-refractivity contribution >= 4 is 5.91 Å². The van der Waals surface area contributed by atoms with E-state index in [9.17, 15) is 22.4 Å². The smallest absolute Gasteiger partial charge is 0.289 e. The van der Waals surface area contributed by atoms with Gasteiger partial charge in [-0.3, -0.25) is 4.79 Å². The molecule has 1 amide bonds. The summed E-state index contributed by atoms with van der Waals surface area (Å²) >= 11 is 0. The number of nitrogens with zero attached hydrogens (tertiary/aromatic N) is 1. The van der Waals surface area contributed by atoms with Crippen molar-refractivity contribution in [1.82, 2.24) is 4.90 Å². The molecule has 1 aromatic carbocycles. The number of furan rings is 1. The minimum absolute atomic E-state index is 0.0732. The van der Waals surface area contributed by atoms with Crippen LogP contribution in [-0.2, 0) is 6.61 Å². The second kappa shape index (κ2) is 7.39. The number of likely N-dealkylation sites (tertiary alicyclic amines) is 1. The van der Waals surface area contributed by atoms with E-state index in [1.54, 1.807) is 4.90 Å². The Kier molecular flexibility index (Phi) is 5.20. The molecule has 3 rings (SSSR count). The first-order valence-electron chi connectivity index (χ1n) is 8.20. The lowest BCUT2D eigenvalue weighted by molar-refractivity contribution is 0.0646. The number of hydrogen-bond donors (Lipinski definition) is 0. The van der Waals surface area contributed by atoms with E-state index in [4.69, 9.17) is 9.15 Å². The highest BCUT2D eigenvalue weighted by atomic mass is 19.2. The van der Waals surface area contributed by atoms with Gasteiger partial charge in [0.1, 0.15) is 12.4 Å². The topological polar surface area (TPSA) is 42.7 Å². The van der Waals surface area contributed by atoms with Gasteiger partial charge in [0.05, 0.1) is 0 Å². The molecule has 1 fully saturated rings. The molecule has 1 aromatic heterocycles. The van der Waals surface area contributed by atoms with Gasteiger partial charge in [-0.15, -0.1) is 0 Å². The fraction of sp³-hybridized carbons (Fsp3) is 0.389. The van der Waals surface area contributed by atoms with Crippen LogP contribution in [0.2, 0.25) is 0 Å². The van der Waals surface area contributed by atoms with Gasteiger partial charge in [-0.2, -0.15) is 8.78 Å². The summed E-state index contributed by atoms with van der Waals surface area (Å²) in [4.78, 5) is 14.1. The van der Waals surface area contributed by atoms with E-state index in [1.165, 1.54) is 12.1 Å². The van der Waals surface area contributed by atoms with Crippen molar-refractivity contribution in [2.75, 3.05) is 13.1 Å². The fourth-order valence-electron chi connectivity index (χ4n) is 2.92. The average molecular weight is 371 g/mol. The standard InChI is InChI=1S/C18H17F4NO3/c1-10-3-2-6-23(8-10)18(24)14-5-4-11(26-14)9-25-17-15(21)12(19)7-13(20)16(17)22/h4-5,7,10H,2-3,6,8-9H2,1H3/t10-/m0/s1. The van der Waals surface area contributed by atoms with Gasteiger partial charge in [0.25, 0.3) is 5.91 Å². The summed E-state index contributed by atoms with van der Waals surface area (Å²) in [6.07, 6.45) is 1.97. The number of ether oxygens (including phenoxy) is 1. The van der Waals surface area contributed by atoms with Crippen molar-refractivity contribution in [2.24, 2.45) is 5.92 Å². The summed E-state index contributed by atoms with van der Waals surface area (Å²) in [5.74, 6) is -7.26. The first kappa shape index (κ1) is 18.3. The molecule has 1 saturated heterocycles. The second-order valence-electron chi connectivity index (χ2n) is 6.35. The van der Waals surface area contributed by atoms with Gasteiger partial charge in [-0.1, -0.05) is 6.92 Å². The maximum Gasteiger partial charge on any atom is 0.289 e. The Bertz CT molecular complexity index is 795. The first-order valence-corrected chi connectivity index (χ1v) is 8.20. The van der Waals surface area contributed by atoms with E-state index < -0.39 is 35.6 Å². The molecule has 0 N–H and O–H groups in total. The van der Waals surface area contributed by atoms with Crippen LogP contribution in [0.25, 0.3) is 0 Å². The largest absolute Gasteiger partial charge is 0.479 e. The molecule has 4 nitrogen and oxygen atoms in total. The molecule has 26 heavy (non-hydrogen) atoms. The molecular weight excluding hydrogens is 354 g/mol. The van der Waals surface area contributed by atoms with Crippen LogP contribution < -0.4 is 4.74 Å². The van der Waals surface area contributed by atoms with Crippen LogP contribution >= 0.6 is 0 Å². The Morgan fingerprint density at radius 2 is 1.92 bits per heavy atom. The van der Waals surface area contributed by atoms with Crippen molar-refractivity contribution in [3.63, 3.8) is 0 Å². The highest BCUT2D eigenvalue weighted by Gasteiger charge is 2.25. The van der Waals surface area contributed by atoms with Crippen LogP contribution in [0.1, 0.15) is 36.1 Å². The van der Waals surface area contributed by atoms with Crippen molar-refractivity contribution in [3.05, 3.63) is 53.0 Å². The van der Waals surface area contributed by atoms with E-state index >= 15 is 0 Å². The lowest BCUT2D eigenvalue weighted by Gasteiger charge is -2.30. The zero-order valence-electron chi connectivity index (χ0n) is 14.0. The zero-order valence-corrected chi connectivity index (χ0v) is 14.0. The van der Waals surface area contributed by atoms with Gasteiger partial charge in [-0.25, -0.2) is 8.78 Å². The highest BCUT2D eigenvalue weighted by Crippen LogP contribution is 2.27. The monoisotopic (exact) mass is 371 g/mol. The lowest BCUT2D eigenvalue weighted by Crippen LogP contribution is -2.38. The number of piperidine rings is 1. The summed E-state index contributed by atoms with van der Waals surface area (Å²) in [7, 11) is 0. The molecule has 0 radical (unpaired) electrons. The Hall–Kier alpha value is -2.51. The predicted octanol–water partition coefficient (Wildman–Crippen LogP) is 4.29. The average Bonchev–Trinajstić information content (AvgIpc) is 3.08. The quantitative estimate of drug-likeness (QED) is 0.595. The predicted molar refractivity (Wildman–Crippen MR) is 83.6 cm³/mol. The number of hydrogen-bond acceptors (Lipinski definition) is 3. The van der Waals surface area contributed by atoms with Crippen molar-refractivity contribution in [2.45, 2.75) is 26.4 Å². The molecule has 2 heterocycles. The Morgan fingerprint density at radius 1 is 1.23 bits per heavy atom. The second-order valence-corrected chi connectivity index (χ2v) is 6.35. The molecule has 1 aliphatic heterocycles. The van der Waals surface area contributed by atoms with Crippen molar-refractivity contribution < 1.29 is 31.5 Å². The van der Waals surface area contributed by atoms with Crippen LogP contribution in [0.4, 0.5) is 17.6 Å². The van der Waals surface area contributed by atoms with E-state index in [1.807, 2.05) is 0 Å². The maximum atomic E-state index is 13.6. The fourth-order valence-corrected chi connectivity index (χ4v) is 2.92. The number of rotatable bonds is 4. The summed E-state index contributed by atoms with van der Waals surface area (Å²) < 4.78 is 63.6. The SMILES string of the molecule is C[C@H]1CCCN(C(=O)c2ccc(COc3c(F)c(F)cc(F)c3F)o2)C1. The van der Waals surface area contributed by atoms with Crippen molar-refractivity contribution in [3.8, 4) is 5.75 Å². The van der Waals surface area contributed by atoms with Gasteiger partial charge in [0, 0.05) is 19.2 Å². The Labute approximate surface area is 147 Å². The minimum Gasteiger partial charge on any atom is -0.479 e. The van der Waals surface area contributed by atoms with Crippen LogP contribution in [-0.4, -0.2) is 23.9 Å².